The van der Waals surface area contributed by atoms with Gasteiger partial charge in [0.2, 0.25) is 0 Å². The van der Waals surface area contributed by atoms with E-state index in [0.29, 0.717) is 25.7 Å². The number of ether oxygens (including phenoxy) is 8. The van der Waals surface area contributed by atoms with Crippen LogP contribution in [0, 0.1) is 22.7 Å². The summed E-state index contributed by atoms with van der Waals surface area (Å²) in [5.74, 6) is -3.41. The molecule has 16 nitrogen and oxygen atoms in total. The first-order chi connectivity index (χ1) is 33.6. The summed E-state index contributed by atoms with van der Waals surface area (Å²) in [5.41, 5.74) is -2.42. The topological polar surface area (TPSA) is 210 Å². The summed E-state index contributed by atoms with van der Waals surface area (Å²) in [6, 6.07) is 0. The van der Waals surface area contributed by atoms with Crippen LogP contribution in [0.1, 0.15) is 298 Å². The Hall–Kier alpha value is -4.24. The van der Waals surface area contributed by atoms with Crippen molar-refractivity contribution in [3.05, 3.63) is 0 Å². The molecule has 2 atom stereocenters. The second-order valence-corrected chi connectivity index (χ2v) is 22.2. The molecule has 4 saturated carbocycles. The Kier molecular flexibility index (Phi) is 51.1. The average molecular weight is 1150 g/mol. The summed E-state index contributed by atoms with van der Waals surface area (Å²) >= 11 is 0. The van der Waals surface area contributed by atoms with Crippen molar-refractivity contribution in [1.29, 1.82) is 0 Å². The lowest BCUT2D eigenvalue weighted by atomic mass is 9.91. The zero-order chi connectivity index (χ0) is 54.8. The van der Waals surface area contributed by atoms with Crippen LogP contribution in [0.25, 0.3) is 0 Å². The van der Waals surface area contributed by atoms with E-state index in [9.17, 15) is 38.4 Å². The van der Waals surface area contributed by atoms with Crippen molar-refractivity contribution < 1.29 is 76.3 Å². The van der Waals surface area contributed by atoms with E-state index in [-0.39, 0.29) is 144 Å². The minimum atomic E-state index is -0.546. The average Bonchev–Trinajstić information content (AvgIpc) is 4.20. The summed E-state index contributed by atoms with van der Waals surface area (Å²) in [7, 11) is 0. The van der Waals surface area contributed by atoms with Gasteiger partial charge in [0.05, 0.1) is 22.7 Å². The molecule has 4 aliphatic carbocycles. The molecule has 0 N–H and O–H groups in total. The summed E-state index contributed by atoms with van der Waals surface area (Å²) in [5, 5.41) is 0. The molecule has 0 aliphatic heterocycles. The van der Waals surface area contributed by atoms with E-state index < -0.39 is 34.7 Å². The third-order valence-corrected chi connectivity index (χ3v) is 15.2. The molecular weight excluding hydrogens is 1020 g/mol. The Morgan fingerprint density at radius 1 is 0.375 bits per heavy atom. The van der Waals surface area contributed by atoms with Gasteiger partial charge in [-0.2, -0.15) is 0 Å². The van der Waals surface area contributed by atoms with Crippen molar-refractivity contribution in [3.63, 3.8) is 0 Å². The van der Waals surface area contributed by atoms with Crippen LogP contribution in [0.5, 0.6) is 0 Å². The molecule has 0 spiro atoms. The van der Waals surface area contributed by atoms with Crippen molar-refractivity contribution in [2.24, 2.45) is 22.7 Å². The minimum absolute atomic E-state index is 0. The van der Waals surface area contributed by atoms with Gasteiger partial charge < -0.3 is 37.9 Å². The highest BCUT2D eigenvalue weighted by Gasteiger charge is 2.39. The predicted molar refractivity (Wildman–Crippen MR) is 326 cm³/mol. The van der Waals surface area contributed by atoms with Gasteiger partial charge in [-0.3, -0.25) is 19.2 Å². The maximum Gasteiger partial charge on any atom is 0.344 e. The molecule has 0 heterocycles. The van der Waals surface area contributed by atoms with E-state index >= 15 is 0 Å². The van der Waals surface area contributed by atoms with Gasteiger partial charge in [-0.25, -0.2) is 19.2 Å². The fourth-order valence-electron chi connectivity index (χ4n) is 8.50. The number of rotatable bonds is 22. The Bertz CT molecular complexity index is 1710. The molecule has 2 unspecified atom stereocenters. The lowest BCUT2D eigenvalue weighted by Gasteiger charge is -2.28. The number of carbonyl (C=O) groups excluding carboxylic acids is 8. The monoisotopic (exact) mass is 1150 g/mol. The fourth-order valence-corrected chi connectivity index (χ4v) is 8.50. The molecule has 0 aromatic heterocycles. The summed E-state index contributed by atoms with van der Waals surface area (Å²) in [4.78, 5) is 92.9. The first kappa shape index (κ1) is 92.2. The van der Waals surface area contributed by atoms with Gasteiger partial charge in [-0.15, -0.1) is 0 Å². The number of hydrogen-bond acceptors (Lipinski definition) is 16. The maximum atomic E-state index is 11.8. The van der Waals surface area contributed by atoms with Crippen LogP contribution in [-0.4, -0.2) is 96.6 Å². The molecule has 16 heteroatoms. The highest BCUT2D eigenvalue weighted by atomic mass is 16.6. The van der Waals surface area contributed by atoms with E-state index in [0.717, 1.165) is 116 Å². The molecule has 0 saturated heterocycles. The van der Waals surface area contributed by atoms with Crippen LogP contribution in [0.4, 0.5) is 0 Å². The van der Waals surface area contributed by atoms with Crippen molar-refractivity contribution in [2.45, 2.75) is 320 Å². The Morgan fingerprint density at radius 3 is 0.825 bits per heavy atom. The van der Waals surface area contributed by atoms with E-state index in [1.165, 1.54) is 0 Å². The summed E-state index contributed by atoms with van der Waals surface area (Å²) < 4.78 is 41.6. The Balaban J connectivity index is -0.000000139. The molecule has 0 bridgehead atoms. The van der Waals surface area contributed by atoms with Crippen LogP contribution in [0.3, 0.4) is 0 Å². The standard InChI is InChI=1S/C15H26O4.2C14H24O4.C13H22O4.8CH4/c1-5-14(3,4)13(17)18-11-12(16)19-15(6-2)9-7-8-10-15;1-5-13(2,3)12(16)17-10-11(15)18-14(4)8-6-7-9-14;1-4-11(3)13(16)17-10-12(15)18-14(5-2)8-6-7-9-14;1-4-10(2)12(15)16-9-11(14)17-13(3)7-5-6-8-13;;;;;;;;/h5-11H2,1-4H3;5-10H2,1-4H3;11H,4-10H2,1-3H3;10H,4-9H2,1-3H3;8*1H4. The first-order valence-corrected chi connectivity index (χ1v) is 27.2. The summed E-state index contributed by atoms with van der Waals surface area (Å²) in [6.07, 6.45) is 20.5. The molecule has 80 heavy (non-hydrogen) atoms. The number of esters is 8. The zero-order valence-electron chi connectivity index (χ0n) is 47.1. The zero-order valence-corrected chi connectivity index (χ0v) is 47.1. The molecule has 0 radical (unpaired) electrons. The third kappa shape index (κ3) is 33.6. The smallest absolute Gasteiger partial charge is 0.344 e. The molecule has 0 aromatic carbocycles. The molecular formula is C64H128O16. The van der Waals surface area contributed by atoms with E-state index in [1.807, 2.05) is 69.2 Å². The van der Waals surface area contributed by atoms with E-state index in [2.05, 4.69) is 0 Å². The van der Waals surface area contributed by atoms with Gasteiger partial charge in [0.15, 0.2) is 26.4 Å². The van der Waals surface area contributed by atoms with Crippen LogP contribution in [0.15, 0.2) is 0 Å². The van der Waals surface area contributed by atoms with E-state index in [4.69, 9.17) is 37.9 Å². The molecule has 0 aromatic rings. The van der Waals surface area contributed by atoms with Crippen LogP contribution < -0.4 is 0 Å². The van der Waals surface area contributed by atoms with Gasteiger partial charge in [0.1, 0.15) is 22.4 Å². The number of hydrogen-bond donors (Lipinski definition) is 0. The van der Waals surface area contributed by atoms with Crippen LogP contribution in [0.2, 0.25) is 0 Å². The van der Waals surface area contributed by atoms with Crippen molar-refractivity contribution in [3.8, 4) is 0 Å². The van der Waals surface area contributed by atoms with Gasteiger partial charge in [-0.05, 0) is 183 Å². The largest absolute Gasteiger partial charge is 0.457 e. The first-order valence-electron chi connectivity index (χ1n) is 27.2. The molecule has 0 amide bonds. The van der Waals surface area contributed by atoms with Gasteiger partial charge in [0, 0.05) is 0 Å². The fraction of sp³-hybridized carbons (Fsp3) is 0.875. The normalized spacial score (nSPS) is 17.0. The minimum Gasteiger partial charge on any atom is -0.457 e. The van der Waals surface area contributed by atoms with Crippen LogP contribution in [-0.2, 0) is 76.3 Å². The molecule has 4 rings (SSSR count). The molecule has 480 valence electrons. The maximum absolute atomic E-state index is 11.8. The lowest BCUT2D eigenvalue weighted by molar-refractivity contribution is -0.173. The second kappa shape index (κ2) is 44.4. The van der Waals surface area contributed by atoms with Gasteiger partial charge >= 0.3 is 47.8 Å². The third-order valence-electron chi connectivity index (χ3n) is 15.2. The molecule has 4 aliphatic rings. The van der Waals surface area contributed by atoms with Crippen LogP contribution >= 0.6 is 0 Å². The quantitative estimate of drug-likeness (QED) is 0.0729. The van der Waals surface area contributed by atoms with Crippen molar-refractivity contribution >= 4 is 47.8 Å². The lowest BCUT2D eigenvalue weighted by Crippen LogP contribution is -2.34. The second-order valence-electron chi connectivity index (χ2n) is 22.2. The summed E-state index contributed by atoms with van der Waals surface area (Å²) in [6.45, 7) is 25.3. The predicted octanol–water partition coefficient (Wildman–Crippen LogP) is 16.5. The van der Waals surface area contributed by atoms with Crippen molar-refractivity contribution in [1.82, 2.24) is 0 Å². The highest BCUT2D eigenvalue weighted by molar-refractivity contribution is 5.81. The highest BCUT2D eigenvalue weighted by Crippen LogP contribution is 2.38. The van der Waals surface area contributed by atoms with Gasteiger partial charge in [0.25, 0.3) is 0 Å². The Labute approximate surface area is 491 Å². The van der Waals surface area contributed by atoms with Gasteiger partial charge in [-0.1, -0.05) is 115 Å². The SMILES string of the molecule is C.C.C.C.C.C.C.C.CCC(C)(C)C(=O)OCC(=O)OC1(C)CCCC1.CCC(C)C(=O)OCC(=O)OC1(C)CCCC1.CCC(C)C(=O)OCC(=O)OC1(CC)CCCC1.CCC1(OC(=O)COC(=O)C(C)(C)CC)CCCC1. The number of carbonyl (C=O) groups is 8. The molecule has 4 fully saturated rings. The van der Waals surface area contributed by atoms with E-state index in [1.54, 1.807) is 27.7 Å². The van der Waals surface area contributed by atoms with Crippen molar-refractivity contribution in [2.75, 3.05) is 26.4 Å². The Morgan fingerprint density at radius 2 is 0.600 bits per heavy atom.